The number of hydrogen-bond acceptors (Lipinski definition) is 3. The minimum atomic E-state index is 0.270. The second-order valence-electron chi connectivity index (χ2n) is 4.97. The molecule has 0 saturated heterocycles. The molecule has 1 aromatic carbocycles. The van der Waals surface area contributed by atoms with Crippen LogP contribution in [0.25, 0.3) is 0 Å². The Morgan fingerprint density at radius 2 is 2.24 bits per heavy atom. The minimum absolute atomic E-state index is 0.270. The first-order valence-corrected chi connectivity index (χ1v) is 6.35. The molecule has 0 aromatic heterocycles. The molecule has 17 heavy (non-hydrogen) atoms. The van der Waals surface area contributed by atoms with Gasteiger partial charge >= 0.3 is 0 Å². The van der Waals surface area contributed by atoms with E-state index >= 15 is 0 Å². The molecule has 3 nitrogen and oxygen atoms in total. The molecule has 1 saturated carbocycles. The molecule has 1 fully saturated rings. The first-order chi connectivity index (χ1) is 8.24. The van der Waals surface area contributed by atoms with Crippen LogP contribution in [0.2, 0.25) is 0 Å². The van der Waals surface area contributed by atoms with E-state index in [1.807, 2.05) is 6.07 Å². The van der Waals surface area contributed by atoms with Gasteiger partial charge in [-0.1, -0.05) is 25.3 Å². The second kappa shape index (κ2) is 5.52. The van der Waals surface area contributed by atoms with E-state index in [4.69, 9.17) is 10.6 Å². The van der Waals surface area contributed by atoms with E-state index in [0.29, 0.717) is 0 Å². The average molecular weight is 234 g/mol. The average Bonchev–Trinajstić information content (AvgIpc) is 2.29. The highest BCUT2D eigenvalue weighted by Crippen LogP contribution is 2.35. The molecule has 2 rings (SSSR count). The van der Waals surface area contributed by atoms with E-state index in [9.17, 15) is 0 Å². The van der Waals surface area contributed by atoms with Crippen molar-refractivity contribution in [1.82, 2.24) is 5.43 Å². The molecule has 1 aliphatic rings. The van der Waals surface area contributed by atoms with Crippen LogP contribution in [0.3, 0.4) is 0 Å². The third-order valence-corrected chi connectivity index (χ3v) is 3.85. The summed E-state index contributed by atoms with van der Waals surface area (Å²) >= 11 is 0. The number of rotatable bonds is 5. The first-order valence-electron chi connectivity index (χ1n) is 6.35. The highest BCUT2D eigenvalue weighted by atomic mass is 16.5. The minimum Gasteiger partial charge on any atom is -0.497 e. The predicted octanol–water partition coefficient (Wildman–Crippen LogP) is 2.70. The Morgan fingerprint density at radius 1 is 1.47 bits per heavy atom. The van der Waals surface area contributed by atoms with Gasteiger partial charge in [0.05, 0.1) is 7.11 Å². The normalized spacial score (nSPS) is 17.6. The summed E-state index contributed by atoms with van der Waals surface area (Å²) in [6, 6.07) is 6.47. The maximum Gasteiger partial charge on any atom is 0.119 e. The molecule has 0 aliphatic heterocycles. The molecule has 0 spiro atoms. The van der Waals surface area contributed by atoms with Crippen LogP contribution in [0.5, 0.6) is 5.75 Å². The van der Waals surface area contributed by atoms with Crippen molar-refractivity contribution >= 4 is 0 Å². The molecule has 0 bridgehead atoms. The van der Waals surface area contributed by atoms with Gasteiger partial charge in [-0.2, -0.15) is 0 Å². The van der Waals surface area contributed by atoms with Crippen molar-refractivity contribution in [3.63, 3.8) is 0 Å². The fourth-order valence-electron chi connectivity index (χ4n) is 2.51. The van der Waals surface area contributed by atoms with Crippen LogP contribution in [0.15, 0.2) is 18.2 Å². The number of hydrazine groups is 1. The monoisotopic (exact) mass is 234 g/mol. The SMILES string of the molecule is COc1ccc(C(CC2CCC2)NN)c(C)c1. The number of hydrogen-bond donors (Lipinski definition) is 2. The van der Waals surface area contributed by atoms with Crippen LogP contribution < -0.4 is 16.0 Å². The Morgan fingerprint density at radius 3 is 2.71 bits per heavy atom. The van der Waals surface area contributed by atoms with Crippen molar-refractivity contribution in [3.8, 4) is 5.75 Å². The lowest BCUT2D eigenvalue weighted by atomic mass is 9.79. The Bertz CT molecular complexity index is 374. The van der Waals surface area contributed by atoms with Gasteiger partial charge < -0.3 is 4.74 Å². The predicted molar refractivity (Wildman–Crippen MR) is 69.8 cm³/mol. The van der Waals surface area contributed by atoms with Crippen molar-refractivity contribution in [2.24, 2.45) is 11.8 Å². The zero-order valence-corrected chi connectivity index (χ0v) is 10.7. The van der Waals surface area contributed by atoms with Crippen LogP contribution in [0, 0.1) is 12.8 Å². The summed E-state index contributed by atoms with van der Waals surface area (Å²) in [4.78, 5) is 0. The molecular formula is C14H22N2O. The van der Waals surface area contributed by atoms with E-state index in [-0.39, 0.29) is 6.04 Å². The lowest BCUT2D eigenvalue weighted by Crippen LogP contribution is -2.31. The molecule has 3 N–H and O–H groups in total. The topological polar surface area (TPSA) is 47.3 Å². The Balaban J connectivity index is 2.11. The Labute approximate surface area is 103 Å². The molecule has 0 radical (unpaired) electrons. The largest absolute Gasteiger partial charge is 0.497 e. The van der Waals surface area contributed by atoms with Gasteiger partial charge in [0.25, 0.3) is 0 Å². The Hall–Kier alpha value is -1.06. The van der Waals surface area contributed by atoms with Gasteiger partial charge in [0.2, 0.25) is 0 Å². The number of benzene rings is 1. The van der Waals surface area contributed by atoms with E-state index in [2.05, 4.69) is 24.5 Å². The van der Waals surface area contributed by atoms with Crippen LogP contribution in [-0.4, -0.2) is 7.11 Å². The van der Waals surface area contributed by atoms with Crippen molar-refractivity contribution < 1.29 is 4.74 Å². The summed E-state index contributed by atoms with van der Waals surface area (Å²) in [6.07, 6.45) is 5.23. The van der Waals surface area contributed by atoms with Gasteiger partial charge in [0.1, 0.15) is 5.75 Å². The summed E-state index contributed by atoms with van der Waals surface area (Å²) in [5.74, 6) is 7.44. The van der Waals surface area contributed by atoms with E-state index in [0.717, 1.165) is 18.1 Å². The number of methoxy groups -OCH3 is 1. The molecule has 1 atom stereocenters. The van der Waals surface area contributed by atoms with E-state index < -0.39 is 0 Å². The standard InChI is InChI=1S/C14H22N2O/c1-10-8-12(17-2)6-7-13(10)14(16-15)9-11-4-3-5-11/h6-8,11,14,16H,3-5,9,15H2,1-2H3. The van der Waals surface area contributed by atoms with Crippen LogP contribution in [0.1, 0.15) is 42.9 Å². The van der Waals surface area contributed by atoms with E-state index in [1.165, 1.54) is 30.4 Å². The van der Waals surface area contributed by atoms with Crippen LogP contribution >= 0.6 is 0 Å². The summed E-state index contributed by atoms with van der Waals surface area (Å²) < 4.78 is 5.23. The van der Waals surface area contributed by atoms with Gasteiger partial charge in [0.15, 0.2) is 0 Å². The number of aryl methyl sites for hydroxylation is 1. The third kappa shape index (κ3) is 2.79. The van der Waals surface area contributed by atoms with Crippen molar-refractivity contribution in [2.45, 2.75) is 38.6 Å². The summed E-state index contributed by atoms with van der Waals surface area (Å²) in [5.41, 5.74) is 5.49. The number of nitrogens with one attached hydrogen (secondary N) is 1. The van der Waals surface area contributed by atoms with E-state index in [1.54, 1.807) is 7.11 Å². The molecule has 3 heteroatoms. The maximum absolute atomic E-state index is 5.69. The lowest BCUT2D eigenvalue weighted by molar-refractivity contribution is 0.261. The van der Waals surface area contributed by atoms with Gasteiger partial charge in [-0.05, 0) is 42.5 Å². The highest BCUT2D eigenvalue weighted by Gasteiger charge is 2.23. The lowest BCUT2D eigenvalue weighted by Gasteiger charge is -2.30. The molecule has 94 valence electrons. The zero-order valence-electron chi connectivity index (χ0n) is 10.7. The zero-order chi connectivity index (χ0) is 12.3. The first kappa shape index (κ1) is 12.4. The van der Waals surface area contributed by atoms with Crippen molar-refractivity contribution in [2.75, 3.05) is 7.11 Å². The van der Waals surface area contributed by atoms with Gasteiger partial charge in [-0.25, -0.2) is 0 Å². The van der Waals surface area contributed by atoms with Crippen LogP contribution in [-0.2, 0) is 0 Å². The fraction of sp³-hybridized carbons (Fsp3) is 0.571. The fourth-order valence-corrected chi connectivity index (χ4v) is 2.51. The number of ether oxygens (including phenoxy) is 1. The van der Waals surface area contributed by atoms with Gasteiger partial charge in [0, 0.05) is 6.04 Å². The molecule has 1 unspecified atom stereocenters. The summed E-state index contributed by atoms with van der Waals surface area (Å²) in [6.45, 7) is 2.11. The quantitative estimate of drug-likeness (QED) is 0.608. The third-order valence-electron chi connectivity index (χ3n) is 3.85. The highest BCUT2D eigenvalue weighted by molar-refractivity contribution is 5.36. The summed E-state index contributed by atoms with van der Waals surface area (Å²) in [7, 11) is 1.70. The Kier molecular flexibility index (Phi) is 4.02. The summed E-state index contributed by atoms with van der Waals surface area (Å²) in [5, 5.41) is 0. The molecular weight excluding hydrogens is 212 g/mol. The van der Waals surface area contributed by atoms with Gasteiger partial charge in [-0.15, -0.1) is 0 Å². The maximum atomic E-state index is 5.69. The number of nitrogens with two attached hydrogens (primary N) is 1. The second-order valence-corrected chi connectivity index (χ2v) is 4.97. The molecule has 0 amide bonds. The van der Waals surface area contributed by atoms with Gasteiger partial charge in [-0.3, -0.25) is 11.3 Å². The van der Waals surface area contributed by atoms with Crippen molar-refractivity contribution in [3.05, 3.63) is 29.3 Å². The molecule has 1 aliphatic carbocycles. The van der Waals surface area contributed by atoms with Crippen LogP contribution in [0.4, 0.5) is 0 Å². The molecule has 0 heterocycles. The smallest absolute Gasteiger partial charge is 0.119 e. The molecule has 1 aromatic rings. The van der Waals surface area contributed by atoms with Crippen molar-refractivity contribution in [1.29, 1.82) is 0 Å².